The van der Waals surface area contributed by atoms with E-state index in [4.69, 9.17) is 10.5 Å². The highest BCUT2D eigenvalue weighted by molar-refractivity contribution is 5.89. The van der Waals surface area contributed by atoms with Crippen molar-refractivity contribution >= 4 is 11.7 Å². The van der Waals surface area contributed by atoms with Gasteiger partial charge in [-0.3, -0.25) is 0 Å². The molecular formula is C15H23N3O2. The maximum atomic E-state index is 12.0. The molecule has 1 aliphatic rings. The van der Waals surface area contributed by atoms with Crippen molar-refractivity contribution in [2.75, 3.05) is 11.9 Å². The van der Waals surface area contributed by atoms with E-state index in [0.29, 0.717) is 13.2 Å². The Morgan fingerprint density at radius 2 is 2.30 bits per heavy atom. The fraction of sp³-hybridized carbons (Fsp3) is 0.533. The van der Waals surface area contributed by atoms with E-state index in [2.05, 4.69) is 10.6 Å². The highest BCUT2D eigenvalue weighted by Gasteiger charge is 2.29. The molecule has 1 aromatic carbocycles. The van der Waals surface area contributed by atoms with Crippen LogP contribution in [0.1, 0.15) is 32.3 Å². The molecule has 1 aliphatic heterocycles. The van der Waals surface area contributed by atoms with Gasteiger partial charge < -0.3 is 21.1 Å². The molecule has 1 aromatic rings. The topological polar surface area (TPSA) is 76.4 Å². The number of nitrogens with two attached hydrogens (primary N) is 1. The van der Waals surface area contributed by atoms with E-state index in [1.807, 2.05) is 38.1 Å². The summed E-state index contributed by atoms with van der Waals surface area (Å²) in [6.45, 7) is 5.23. The van der Waals surface area contributed by atoms with Gasteiger partial charge in [-0.25, -0.2) is 4.79 Å². The van der Waals surface area contributed by atoms with E-state index in [0.717, 1.165) is 24.1 Å². The molecule has 2 amide bonds. The molecule has 110 valence electrons. The summed E-state index contributed by atoms with van der Waals surface area (Å²) in [4.78, 5) is 12.0. The number of amides is 2. The van der Waals surface area contributed by atoms with Crippen molar-refractivity contribution in [3.05, 3.63) is 29.8 Å². The summed E-state index contributed by atoms with van der Waals surface area (Å²) in [6, 6.07) is 7.53. The molecule has 1 heterocycles. The first-order valence-electron chi connectivity index (χ1n) is 6.99. The van der Waals surface area contributed by atoms with Gasteiger partial charge in [-0.2, -0.15) is 0 Å². The fourth-order valence-corrected chi connectivity index (χ4v) is 2.48. The van der Waals surface area contributed by atoms with Gasteiger partial charge >= 0.3 is 6.03 Å². The molecule has 1 unspecified atom stereocenters. The average Bonchev–Trinajstić information content (AvgIpc) is 2.37. The third-order valence-electron chi connectivity index (χ3n) is 3.45. The van der Waals surface area contributed by atoms with Crippen molar-refractivity contribution in [2.45, 2.75) is 44.9 Å². The zero-order chi connectivity index (χ0) is 14.6. The second-order valence-electron chi connectivity index (χ2n) is 5.80. The van der Waals surface area contributed by atoms with Crippen LogP contribution in [0.5, 0.6) is 0 Å². The second-order valence-corrected chi connectivity index (χ2v) is 5.80. The Hall–Kier alpha value is -1.59. The van der Waals surface area contributed by atoms with Gasteiger partial charge in [0.15, 0.2) is 0 Å². The lowest BCUT2D eigenvalue weighted by Gasteiger charge is -2.35. The Labute approximate surface area is 119 Å². The summed E-state index contributed by atoms with van der Waals surface area (Å²) in [6.07, 6.45) is 1.67. The van der Waals surface area contributed by atoms with E-state index in [9.17, 15) is 4.79 Å². The van der Waals surface area contributed by atoms with Crippen molar-refractivity contribution in [2.24, 2.45) is 5.73 Å². The van der Waals surface area contributed by atoms with Crippen LogP contribution in [0.3, 0.4) is 0 Å². The predicted molar refractivity (Wildman–Crippen MR) is 79.5 cm³/mol. The predicted octanol–water partition coefficient (Wildman–Crippen LogP) is 2.22. The molecule has 5 heteroatoms. The Morgan fingerprint density at radius 3 is 3.00 bits per heavy atom. The highest BCUT2D eigenvalue weighted by atomic mass is 16.5. The van der Waals surface area contributed by atoms with Crippen LogP contribution >= 0.6 is 0 Å². The molecule has 0 bridgehead atoms. The summed E-state index contributed by atoms with van der Waals surface area (Å²) >= 11 is 0. The zero-order valence-corrected chi connectivity index (χ0v) is 12.1. The molecule has 0 aromatic heterocycles. The Balaban J connectivity index is 1.88. The molecule has 20 heavy (non-hydrogen) atoms. The number of rotatable bonds is 3. The van der Waals surface area contributed by atoms with E-state index < -0.39 is 0 Å². The monoisotopic (exact) mass is 277 g/mol. The maximum absolute atomic E-state index is 12.0. The number of nitrogens with one attached hydrogen (secondary N) is 2. The Kier molecular flexibility index (Phi) is 4.62. The number of benzene rings is 1. The normalized spacial score (nSPS) is 21.2. The summed E-state index contributed by atoms with van der Waals surface area (Å²) < 4.78 is 5.64. The maximum Gasteiger partial charge on any atom is 0.319 e. The van der Waals surface area contributed by atoms with Crippen LogP contribution in [0.4, 0.5) is 10.5 Å². The summed E-state index contributed by atoms with van der Waals surface area (Å²) in [7, 11) is 0. The Bertz CT molecular complexity index is 474. The third kappa shape index (κ3) is 4.21. The number of urea groups is 1. The molecule has 1 atom stereocenters. The quantitative estimate of drug-likeness (QED) is 0.793. The van der Waals surface area contributed by atoms with Gasteiger partial charge in [0.1, 0.15) is 0 Å². The minimum absolute atomic E-state index is 0.149. The number of anilines is 1. The van der Waals surface area contributed by atoms with Gasteiger partial charge in [0.05, 0.1) is 5.60 Å². The fourth-order valence-electron chi connectivity index (χ4n) is 2.48. The average molecular weight is 277 g/mol. The van der Waals surface area contributed by atoms with Gasteiger partial charge in [0, 0.05) is 24.9 Å². The second kappa shape index (κ2) is 6.24. The van der Waals surface area contributed by atoms with Gasteiger partial charge in [-0.05, 0) is 44.4 Å². The molecule has 1 saturated heterocycles. The lowest BCUT2D eigenvalue weighted by molar-refractivity contribution is -0.0609. The molecule has 0 spiro atoms. The number of carbonyl (C=O) groups is 1. The minimum Gasteiger partial charge on any atom is -0.375 e. The molecular weight excluding hydrogens is 254 g/mol. The van der Waals surface area contributed by atoms with Crippen LogP contribution < -0.4 is 16.4 Å². The van der Waals surface area contributed by atoms with Gasteiger partial charge in [-0.1, -0.05) is 12.1 Å². The lowest BCUT2D eigenvalue weighted by atomic mass is 9.94. The minimum atomic E-state index is -0.179. The van der Waals surface area contributed by atoms with Crippen LogP contribution in [0.2, 0.25) is 0 Å². The van der Waals surface area contributed by atoms with Crippen molar-refractivity contribution in [1.82, 2.24) is 5.32 Å². The summed E-state index contributed by atoms with van der Waals surface area (Å²) in [5, 5.41) is 5.84. The van der Waals surface area contributed by atoms with E-state index in [1.54, 1.807) is 0 Å². The van der Waals surface area contributed by atoms with Crippen molar-refractivity contribution in [1.29, 1.82) is 0 Å². The Morgan fingerprint density at radius 1 is 1.50 bits per heavy atom. The largest absolute Gasteiger partial charge is 0.375 e. The van der Waals surface area contributed by atoms with Crippen molar-refractivity contribution in [3.63, 3.8) is 0 Å². The first-order valence-corrected chi connectivity index (χ1v) is 6.99. The van der Waals surface area contributed by atoms with Crippen molar-refractivity contribution < 1.29 is 9.53 Å². The first-order chi connectivity index (χ1) is 9.48. The van der Waals surface area contributed by atoms with Crippen LogP contribution in [0, 0.1) is 0 Å². The van der Waals surface area contributed by atoms with E-state index in [1.165, 1.54) is 0 Å². The molecule has 2 rings (SSSR count). The van der Waals surface area contributed by atoms with E-state index >= 15 is 0 Å². The first kappa shape index (κ1) is 14.8. The summed E-state index contributed by atoms with van der Waals surface area (Å²) in [5.74, 6) is 0. The smallest absolute Gasteiger partial charge is 0.319 e. The van der Waals surface area contributed by atoms with Crippen LogP contribution in [0.25, 0.3) is 0 Å². The van der Waals surface area contributed by atoms with Gasteiger partial charge in [0.2, 0.25) is 0 Å². The zero-order valence-electron chi connectivity index (χ0n) is 12.1. The number of carbonyl (C=O) groups excluding carboxylic acids is 1. The van der Waals surface area contributed by atoms with Crippen LogP contribution in [-0.4, -0.2) is 24.3 Å². The van der Waals surface area contributed by atoms with E-state index in [-0.39, 0.29) is 17.7 Å². The van der Waals surface area contributed by atoms with Crippen molar-refractivity contribution in [3.8, 4) is 0 Å². The van der Waals surface area contributed by atoms with Crippen LogP contribution in [0.15, 0.2) is 24.3 Å². The van der Waals surface area contributed by atoms with Gasteiger partial charge in [0.25, 0.3) is 0 Å². The summed E-state index contributed by atoms with van der Waals surface area (Å²) in [5.41, 5.74) is 7.17. The lowest BCUT2D eigenvalue weighted by Crippen LogP contribution is -2.47. The molecule has 0 radical (unpaired) electrons. The molecule has 5 nitrogen and oxygen atoms in total. The standard InChI is InChI=1S/C15H23N3O2/c1-15(2)9-13(6-7-20-15)18-14(19)17-12-5-3-4-11(8-12)10-16/h3-5,8,13H,6-7,9-10,16H2,1-2H3,(H2,17,18,19). The molecule has 0 aliphatic carbocycles. The van der Waals surface area contributed by atoms with Crippen LogP contribution in [-0.2, 0) is 11.3 Å². The SMILES string of the molecule is CC1(C)CC(NC(=O)Nc2cccc(CN)c2)CCO1. The molecule has 0 saturated carbocycles. The van der Waals surface area contributed by atoms with Gasteiger partial charge in [-0.15, -0.1) is 0 Å². The number of ether oxygens (including phenoxy) is 1. The number of hydrogen-bond acceptors (Lipinski definition) is 3. The number of hydrogen-bond donors (Lipinski definition) is 3. The highest BCUT2D eigenvalue weighted by Crippen LogP contribution is 2.23. The third-order valence-corrected chi connectivity index (χ3v) is 3.45. The molecule has 1 fully saturated rings. The molecule has 4 N–H and O–H groups in total.